The highest BCUT2D eigenvalue weighted by Gasteiger charge is 2.31. The molecule has 0 heterocycles. The number of nitrogens with one attached hydrogen (secondary N) is 1. The second-order valence-electron chi connectivity index (χ2n) is 6.73. The molecule has 1 aromatic carbocycles. The van der Waals surface area contributed by atoms with Gasteiger partial charge in [0.25, 0.3) is 5.69 Å². The topological polar surface area (TPSA) is 125 Å². The van der Waals surface area contributed by atoms with Crippen LogP contribution in [0.5, 0.6) is 0 Å². The third-order valence-electron chi connectivity index (χ3n) is 3.10. The molecule has 10 heteroatoms. The Morgan fingerprint density at radius 2 is 1.68 bits per heavy atom. The fourth-order valence-electron chi connectivity index (χ4n) is 1.99. The summed E-state index contributed by atoms with van der Waals surface area (Å²) >= 11 is 0. The number of nitro benzene ring substituents is 2. The number of rotatable bonds is 6. The van der Waals surface area contributed by atoms with E-state index in [0.29, 0.717) is 12.1 Å². The zero-order chi connectivity index (χ0) is 19.5. The molecule has 0 bridgehead atoms. The lowest BCUT2D eigenvalue weighted by molar-refractivity contribution is -0.395. The summed E-state index contributed by atoms with van der Waals surface area (Å²) in [5.41, 5.74) is -2.84. The number of carbonyl (C=O) groups excluding carboxylic acids is 1. The van der Waals surface area contributed by atoms with E-state index in [1.165, 1.54) is 0 Å². The molecule has 0 unspecified atom stereocenters. The van der Waals surface area contributed by atoms with Crippen LogP contribution in [0.3, 0.4) is 0 Å². The smallest absolute Gasteiger partial charge is 0.329 e. The van der Waals surface area contributed by atoms with Crippen molar-refractivity contribution >= 4 is 23.0 Å². The van der Waals surface area contributed by atoms with Crippen molar-refractivity contribution in [3.05, 3.63) is 38.2 Å². The number of anilines is 1. The van der Waals surface area contributed by atoms with Crippen LogP contribution < -0.4 is 5.32 Å². The Hall–Kier alpha value is -2.78. The maximum absolute atomic E-state index is 13.8. The van der Waals surface area contributed by atoms with Gasteiger partial charge in [-0.2, -0.15) is 4.39 Å². The highest BCUT2D eigenvalue weighted by molar-refractivity contribution is 5.81. The van der Waals surface area contributed by atoms with Crippen molar-refractivity contribution in [3.8, 4) is 0 Å². The van der Waals surface area contributed by atoms with Crippen molar-refractivity contribution in [1.29, 1.82) is 0 Å². The van der Waals surface area contributed by atoms with E-state index < -0.39 is 44.7 Å². The number of halogens is 1. The largest absolute Gasteiger partial charge is 0.458 e. The molecule has 1 aromatic rings. The first-order chi connectivity index (χ1) is 11.3. The third kappa shape index (κ3) is 5.37. The highest BCUT2D eigenvalue weighted by Crippen LogP contribution is 2.33. The standard InChI is InChI=1S/C15H20FN3O6/c1-8(2)13(14(20)25-15(3,4)5)17-10-6-9(16)11(18(21)22)7-12(10)19(23)24/h6-8,13,17H,1-5H3/t13-/m0/s1. The first kappa shape index (κ1) is 20.3. The summed E-state index contributed by atoms with van der Waals surface area (Å²) in [5, 5.41) is 24.5. The Bertz CT molecular complexity index is 699. The first-order valence-corrected chi connectivity index (χ1v) is 7.45. The molecule has 9 nitrogen and oxygen atoms in total. The van der Waals surface area contributed by atoms with Gasteiger partial charge in [0.05, 0.1) is 15.9 Å². The van der Waals surface area contributed by atoms with Gasteiger partial charge in [0.1, 0.15) is 17.3 Å². The second kappa shape index (κ2) is 7.41. The molecule has 1 rings (SSSR count). The van der Waals surface area contributed by atoms with E-state index in [0.717, 1.165) is 0 Å². The molecule has 0 aliphatic rings. The molecule has 1 atom stereocenters. The average Bonchev–Trinajstić information content (AvgIpc) is 2.41. The molecule has 0 aromatic heterocycles. The summed E-state index contributed by atoms with van der Waals surface area (Å²) in [4.78, 5) is 32.3. The van der Waals surface area contributed by atoms with Crippen molar-refractivity contribution in [1.82, 2.24) is 0 Å². The van der Waals surface area contributed by atoms with Gasteiger partial charge in [-0.1, -0.05) is 13.8 Å². The van der Waals surface area contributed by atoms with Crippen LogP contribution in [0.25, 0.3) is 0 Å². The summed E-state index contributed by atoms with van der Waals surface area (Å²) in [7, 11) is 0. The van der Waals surface area contributed by atoms with Gasteiger partial charge in [-0.25, -0.2) is 4.79 Å². The van der Waals surface area contributed by atoms with Gasteiger partial charge in [-0.05, 0) is 26.7 Å². The Morgan fingerprint density at radius 3 is 2.08 bits per heavy atom. The Balaban J connectivity index is 3.29. The molecule has 138 valence electrons. The van der Waals surface area contributed by atoms with Crippen molar-refractivity contribution in [2.75, 3.05) is 5.32 Å². The van der Waals surface area contributed by atoms with Gasteiger partial charge in [-0.15, -0.1) is 0 Å². The summed E-state index contributed by atoms with van der Waals surface area (Å²) in [5.74, 6) is -2.26. The maximum atomic E-state index is 13.8. The minimum atomic E-state index is -1.25. The molecule has 25 heavy (non-hydrogen) atoms. The summed E-state index contributed by atoms with van der Waals surface area (Å²) in [6.07, 6.45) is 0. The van der Waals surface area contributed by atoms with Gasteiger partial charge in [0.2, 0.25) is 5.82 Å². The van der Waals surface area contributed by atoms with Crippen LogP contribution in [0.2, 0.25) is 0 Å². The van der Waals surface area contributed by atoms with E-state index >= 15 is 0 Å². The fourth-order valence-corrected chi connectivity index (χ4v) is 1.99. The molecule has 1 N–H and O–H groups in total. The number of hydrogen-bond acceptors (Lipinski definition) is 7. The Morgan fingerprint density at radius 1 is 1.16 bits per heavy atom. The summed E-state index contributed by atoms with van der Waals surface area (Å²) in [6, 6.07) is 0.152. The van der Waals surface area contributed by atoms with Gasteiger partial charge >= 0.3 is 11.7 Å². The van der Waals surface area contributed by atoms with Gasteiger partial charge in [0.15, 0.2) is 0 Å². The van der Waals surface area contributed by atoms with Crippen LogP contribution in [0.4, 0.5) is 21.5 Å². The van der Waals surface area contributed by atoms with E-state index in [2.05, 4.69) is 5.32 Å². The number of nitrogens with zero attached hydrogens (tertiary/aromatic N) is 2. The molecule has 0 saturated heterocycles. The maximum Gasteiger partial charge on any atom is 0.329 e. The van der Waals surface area contributed by atoms with E-state index in [4.69, 9.17) is 4.74 Å². The summed E-state index contributed by atoms with van der Waals surface area (Å²) < 4.78 is 19.1. The highest BCUT2D eigenvalue weighted by atomic mass is 19.1. The van der Waals surface area contributed by atoms with Gasteiger partial charge < -0.3 is 10.1 Å². The summed E-state index contributed by atoms with van der Waals surface area (Å²) in [6.45, 7) is 8.34. The Kier molecular flexibility index (Phi) is 6.01. The first-order valence-electron chi connectivity index (χ1n) is 7.45. The van der Waals surface area contributed by atoms with Crippen LogP contribution in [-0.2, 0) is 9.53 Å². The molecule has 0 fully saturated rings. The van der Waals surface area contributed by atoms with E-state index in [1.807, 2.05) is 0 Å². The zero-order valence-electron chi connectivity index (χ0n) is 14.5. The SMILES string of the molecule is CC(C)[C@H](Nc1cc(F)c([N+](=O)[O-])cc1[N+](=O)[O-])C(=O)OC(C)(C)C. The predicted octanol–water partition coefficient (Wildman–Crippen LogP) is 3.42. The third-order valence-corrected chi connectivity index (χ3v) is 3.10. The van der Waals surface area contributed by atoms with Crippen molar-refractivity contribution in [2.45, 2.75) is 46.3 Å². The molecule has 0 saturated carbocycles. The van der Waals surface area contributed by atoms with Crippen LogP contribution in [0.15, 0.2) is 12.1 Å². The molecule has 0 spiro atoms. The van der Waals surface area contributed by atoms with Crippen molar-refractivity contribution < 1.29 is 23.8 Å². The molecule has 0 aliphatic heterocycles. The van der Waals surface area contributed by atoms with Gasteiger partial charge in [-0.3, -0.25) is 20.2 Å². The van der Waals surface area contributed by atoms with Crippen LogP contribution >= 0.6 is 0 Å². The van der Waals surface area contributed by atoms with E-state index in [1.54, 1.807) is 34.6 Å². The number of hydrogen-bond donors (Lipinski definition) is 1. The van der Waals surface area contributed by atoms with Crippen LogP contribution in [0.1, 0.15) is 34.6 Å². The molecule has 0 radical (unpaired) electrons. The van der Waals surface area contributed by atoms with Crippen LogP contribution in [0, 0.1) is 32.0 Å². The van der Waals surface area contributed by atoms with Crippen LogP contribution in [-0.4, -0.2) is 27.5 Å². The molecule has 0 aliphatic carbocycles. The molecule has 0 amide bonds. The van der Waals surface area contributed by atoms with E-state index in [9.17, 15) is 29.4 Å². The molecular weight excluding hydrogens is 337 g/mol. The van der Waals surface area contributed by atoms with Crippen molar-refractivity contribution in [2.24, 2.45) is 5.92 Å². The average molecular weight is 357 g/mol. The number of ether oxygens (including phenoxy) is 1. The second-order valence-corrected chi connectivity index (χ2v) is 6.73. The Labute approximate surface area is 143 Å². The van der Waals surface area contributed by atoms with E-state index in [-0.39, 0.29) is 11.6 Å². The lowest BCUT2D eigenvalue weighted by atomic mass is 10.0. The minimum absolute atomic E-state index is 0.336. The minimum Gasteiger partial charge on any atom is -0.458 e. The lowest BCUT2D eigenvalue weighted by Crippen LogP contribution is -2.40. The number of esters is 1. The quantitative estimate of drug-likeness (QED) is 0.470. The monoisotopic (exact) mass is 357 g/mol. The fraction of sp³-hybridized carbons (Fsp3) is 0.533. The lowest BCUT2D eigenvalue weighted by Gasteiger charge is -2.27. The van der Waals surface area contributed by atoms with Gasteiger partial charge in [0, 0.05) is 6.07 Å². The number of nitro groups is 2. The normalized spacial score (nSPS) is 12.6. The predicted molar refractivity (Wildman–Crippen MR) is 87.8 cm³/mol. The van der Waals surface area contributed by atoms with Crippen molar-refractivity contribution in [3.63, 3.8) is 0 Å². The number of benzene rings is 1. The molecular formula is C15H20FN3O6. The zero-order valence-corrected chi connectivity index (χ0v) is 14.5. The number of carbonyl (C=O) groups is 1.